The van der Waals surface area contributed by atoms with Crippen molar-refractivity contribution in [2.45, 2.75) is 84.0 Å². The fourth-order valence-electron chi connectivity index (χ4n) is 2.00. The van der Waals surface area contributed by atoms with Crippen LogP contribution in [0.15, 0.2) is 0 Å². The number of ketones is 1. The lowest BCUT2D eigenvalue weighted by molar-refractivity contribution is -0.138. The van der Waals surface area contributed by atoms with Gasteiger partial charge in [-0.25, -0.2) is 0 Å². The van der Waals surface area contributed by atoms with Crippen LogP contribution < -0.4 is 0 Å². The van der Waals surface area contributed by atoms with Gasteiger partial charge in [0, 0.05) is 12.8 Å². The zero-order valence-electron chi connectivity index (χ0n) is 11.7. The molecule has 0 aliphatic carbocycles. The quantitative estimate of drug-likeness (QED) is 0.499. The molecule has 0 amide bonds. The van der Waals surface area contributed by atoms with Crippen LogP contribution in [0.4, 0.5) is 0 Å². The Balaban J connectivity index is 3.15. The molecule has 0 fully saturated rings. The Morgan fingerprint density at radius 2 is 1.22 bits per heavy atom. The van der Waals surface area contributed by atoms with Crippen molar-refractivity contribution in [3.63, 3.8) is 0 Å². The van der Waals surface area contributed by atoms with Gasteiger partial charge in [0.1, 0.15) is 5.78 Å². The monoisotopic (exact) mass is 256 g/mol. The first-order valence-corrected chi connectivity index (χ1v) is 7.40. The van der Waals surface area contributed by atoms with Crippen molar-refractivity contribution in [3.05, 3.63) is 0 Å². The van der Waals surface area contributed by atoms with Gasteiger partial charge in [-0.15, -0.1) is 0 Å². The molecule has 0 saturated heterocycles. The van der Waals surface area contributed by atoms with Crippen molar-refractivity contribution in [2.24, 2.45) is 0 Å². The summed E-state index contributed by atoms with van der Waals surface area (Å²) in [5, 5.41) is 8.44. The van der Waals surface area contributed by atoms with Crippen LogP contribution in [0, 0.1) is 0 Å². The largest absolute Gasteiger partial charge is 0.481 e. The molecular formula is C15H28O3. The van der Waals surface area contributed by atoms with E-state index >= 15 is 0 Å². The molecule has 0 rings (SSSR count). The minimum absolute atomic E-state index is 0.0176. The van der Waals surface area contributed by atoms with Crippen LogP contribution in [0.1, 0.15) is 84.0 Å². The molecule has 0 aliphatic heterocycles. The second-order valence-corrected chi connectivity index (χ2v) is 5.01. The first kappa shape index (κ1) is 17.1. The van der Waals surface area contributed by atoms with Crippen molar-refractivity contribution in [1.82, 2.24) is 0 Å². The highest BCUT2D eigenvalue weighted by atomic mass is 16.4. The van der Waals surface area contributed by atoms with Crippen LogP contribution in [0.3, 0.4) is 0 Å². The van der Waals surface area contributed by atoms with Crippen LogP contribution in [0.25, 0.3) is 0 Å². The van der Waals surface area contributed by atoms with E-state index in [1.807, 2.05) is 0 Å². The SMILES string of the molecule is CCCCCCCCCCCC(=O)CCC(=O)O. The standard InChI is InChI=1S/C15H28O3/c1-2-3-4-5-6-7-8-9-10-11-14(16)12-13-15(17)18/h2-13H2,1H3,(H,17,18). The van der Waals surface area contributed by atoms with Gasteiger partial charge in [0.2, 0.25) is 0 Å². The molecule has 0 saturated carbocycles. The maximum Gasteiger partial charge on any atom is 0.303 e. The Morgan fingerprint density at radius 1 is 0.722 bits per heavy atom. The lowest BCUT2D eigenvalue weighted by Gasteiger charge is -2.01. The molecule has 0 atom stereocenters. The lowest BCUT2D eigenvalue weighted by atomic mass is 10.0. The summed E-state index contributed by atoms with van der Waals surface area (Å²) in [6.45, 7) is 2.22. The number of rotatable bonds is 13. The Hall–Kier alpha value is -0.860. The van der Waals surface area contributed by atoms with Gasteiger partial charge in [-0.3, -0.25) is 9.59 Å². The van der Waals surface area contributed by atoms with E-state index in [1.54, 1.807) is 0 Å². The molecule has 0 aromatic heterocycles. The molecule has 106 valence electrons. The number of aliphatic carboxylic acids is 1. The average Bonchev–Trinajstić information content (AvgIpc) is 2.34. The number of hydrogen-bond acceptors (Lipinski definition) is 2. The summed E-state index contributed by atoms with van der Waals surface area (Å²) in [6.07, 6.45) is 11.9. The third kappa shape index (κ3) is 13.2. The van der Waals surface area contributed by atoms with E-state index in [4.69, 9.17) is 5.11 Å². The predicted octanol–water partition coefficient (Wildman–Crippen LogP) is 4.34. The summed E-state index contributed by atoms with van der Waals surface area (Å²) in [6, 6.07) is 0. The van der Waals surface area contributed by atoms with Gasteiger partial charge < -0.3 is 5.11 Å². The molecule has 0 unspecified atom stereocenters. The number of hydrogen-bond donors (Lipinski definition) is 1. The molecular weight excluding hydrogens is 228 g/mol. The molecule has 0 spiro atoms. The van der Waals surface area contributed by atoms with Crippen LogP contribution in [0.2, 0.25) is 0 Å². The molecule has 0 radical (unpaired) electrons. The Kier molecular flexibility index (Phi) is 12.0. The van der Waals surface area contributed by atoms with E-state index in [-0.39, 0.29) is 18.6 Å². The second-order valence-electron chi connectivity index (χ2n) is 5.01. The maximum absolute atomic E-state index is 11.3. The summed E-state index contributed by atoms with van der Waals surface area (Å²) < 4.78 is 0. The first-order valence-electron chi connectivity index (χ1n) is 7.40. The van der Waals surface area contributed by atoms with Crippen LogP contribution >= 0.6 is 0 Å². The number of carboxylic acids is 1. The minimum Gasteiger partial charge on any atom is -0.481 e. The van der Waals surface area contributed by atoms with Crippen molar-refractivity contribution < 1.29 is 14.7 Å². The van der Waals surface area contributed by atoms with E-state index < -0.39 is 5.97 Å². The number of unbranched alkanes of at least 4 members (excludes halogenated alkanes) is 8. The number of carbonyl (C=O) groups excluding carboxylic acids is 1. The van der Waals surface area contributed by atoms with Crippen molar-refractivity contribution >= 4 is 11.8 Å². The van der Waals surface area contributed by atoms with Gasteiger partial charge in [-0.1, -0.05) is 58.3 Å². The zero-order chi connectivity index (χ0) is 13.6. The summed E-state index contributed by atoms with van der Waals surface area (Å²) in [5.41, 5.74) is 0. The topological polar surface area (TPSA) is 54.4 Å². The van der Waals surface area contributed by atoms with Gasteiger partial charge in [0.15, 0.2) is 0 Å². The van der Waals surface area contributed by atoms with Crippen molar-refractivity contribution in [2.75, 3.05) is 0 Å². The number of Topliss-reactive ketones (excluding diaryl/α,β-unsaturated/α-hetero) is 1. The maximum atomic E-state index is 11.3. The molecule has 0 aliphatic rings. The lowest BCUT2D eigenvalue weighted by Crippen LogP contribution is -2.02. The molecule has 0 aromatic rings. The van der Waals surface area contributed by atoms with E-state index in [9.17, 15) is 9.59 Å². The van der Waals surface area contributed by atoms with Crippen LogP contribution in [0.5, 0.6) is 0 Å². The number of carboxylic acid groups (broad SMARTS) is 1. The molecule has 18 heavy (non-hydrogen) atoms. The fraction of sp³-hybridized carbons (Fsp3) is 0.867. The first-order chi connectivity index (χ1) is 8.66. The highest BCUT2D eigenvalue weighted by Gasteiger charge is 2.04. The average molecular weight is 256 g/mol. The Morgan fingerprint density at radius 3 is 1.72 bits per heavy atom. The molecule has 0 aromatic carbocycles. The fourth-order valence-corrected chi connectivity index (χ4v) is 2.00. The molecule has 3 heteroatoms. The van der Waals surface area contributed by atoms with Gasteiger partial charge in [0.25, 0.3) is 0 Å². The Bertz CT molecular complexity index is 224. The summed E-state index contributed by atoms with van der Waals surface area (Å²) >= 11 is 0. The second kappa shape index (κ2) is 12.6. The summed E-state index contributed by atoms with van der Waals surface area (Å²) in [5.74, 6) is -0.782. The third-order valence-electron chi connectivity index (χ3n) is 3.18. The highest BCUT2D eigenvalue weighted by Crippen LogP contribution is 2.11. The van der Waals surface area contributed by atoms with Crippen LogP contribution in [-0.4, -0.2) is 16.9 Å². The van der Waals surface area contributed by atoms with E-state index in [1.165, 1.54) is 44.9 Å². The smallest absolute Gasteiger partial charge is 0.303 e. The van der Waals surface area contributed by atoms with Gasteiger partial charge in [0.05, 0.1) is 6.42 Å². The highest BCUT2D eigenvalue weighted by molar-refractivity contribution is 5.82. The summed E-state index contributed by atoms with van der Waals surface area (Å²) in [4.78, 5) is 21.6. The van der Waals surface area contributed by atoms with E-state index in [0.29, 0.717) is 6.42 Å². The van der Waals surface area contributed by atoms with Gasteiger partial charge >= 0.3 is 5.97 Å². The number of carbonyl (C=O) groups is 2. The summed E-state index contributed by atoms with van der Waals surface area (Å²) in [7, 11) is 0. The van der Waals surface area contributed by atoms with Gasteiger partial charge in [-0.2, -0.15) is 0 Å². The van der Waals surface area contributed by atoms with Crippen LogP contribution in [-0.2, 0) is 9.59 Å². The minimum atomic E-state index is -0.879. The normalized spacial score (nSPS) is 10.5. The predicted molar refractivity (Wildman–Crippen MR) is 73.7 cm³/mol. The van der Waals surface area contributed by atoms with Gasteiger partial charge in [-0.05, 0) is 6.42 Å². The third-order valence-corrected chi connectivity index (χ3v) is 3.18. The molecule has 3 nitrogen and oxygen atoms in total. The zero-order valence-corrected chi connectivity index (χ0v) is 11.7. The van der Waals surface area contributed by atoms with E-state index in [0.717, 1.165) is 12.8 Å². The molecule has 0 heterocycles. The van der Waals surface area contributed by atoms with E-state index in [2.05, 4.69) is 6.92 Å². The molecule has 0 bridgehead atoms. The Labute approximate surface area is 111 Å². The molecule has 1 N–H and O–H groups in total. The van der Waals surface area contributed by atoms with Crippen molar-refractivity contribution in [3.8, 4) is 0 Å². The van der Waals surface area contributed by atoms with Crippen molar-refractivity contribution in [1.29, 1.82) is 0 Å².